The Bertz CT molecular complexity index is 573. The van der Waals surface area contributed by atoms with Crippen LogP contribution in [0.15, 0.2) is 24.3 Å². The van der Waals surface area contributed by atoms with Crippen LogP contribution in [-0.4, -0.2) is 61.4 Å². The molecule has 0 unspecified atom stereocenters. The van der Waals surface area contributed by atoms with E-state index in [-0.39, 0.29) is 18.4 Å². The van der Waals surface area contributed by atoms with Gasteiger partial charge in [-0.05, 0) is 18.2 Å². The number of benzene rings is 1. The number of nitrogens with one attached hydrogen (secondary N) is 1. The number of nitriles is 1. The summed E-state index contributed by atoms with van der Waals surface area (Å²) in [6, 6.07) is 8.49. The van der Waals surface area contributed by atoms with Crippen LogP contribution in [0.5, 0.6) is 0 Å². The standard InChI is InChI=1S/C15H18N4O2/c1-18(11-14(20)19-7-5-17-6-8-19)15(21)13-4-2-3-12(9-13)10-16/h2-4,9,17H,5-8,11H2,1H3. The molecule has 21 heavy (non-hydrogen) atoms. The van der Waals surface area contributed by atoms with Crippen molar-refractivity contribution in [1.29, 1.82) is 5.26 Å². The van der Waals surface area contributed by atoms with Crippen molar-refractivity contribution < 1.29 is 9.59 Å². The van der Waals surface area contributed by atoms with E-state index < -0.39 is 0 Å². The van der Waals surface area contributed by atoms with Crippen molar-refractivity contribution in [1.82, 2.24) is 15.1 Å². The zero-order chi connectivity index (χ0) is 15.2. The normalized spacial score (nSPS) is 14.4. The van der Waals surface area contributed by atoms with Crippen molar-refractivity contribution in [2.75, 3.05) is 39.8 Å². The van der Waals surface area contributed by atoms with Gasteiger partial charge < -0.3 is 15.1 Å². The van der Waals surface area contributed by atoms with Gasteiger partial charge in [0.1, 0.15) is 0 Å². The molecule has 1 fully saturated rings. The molecule has 0 spiro atoms. The predicted octanol–water partition coefficient (Wildman–Crippen LogP) is 0.0621. The molecule has 0 radical (unpaired) electrons. The fourth-order valence-electron chi connectivity index (χ4n) is 2.23. The maximum atomic E-state index is 12.3. The Hall–Kier alpha value is -2.39. The van der Waals surface area contributed by atoms with E-state index in [1.807, 2.05) is 6.07 Å². The summed E-state index contributed by atoms with van der Waals surface area (Å²) < 4.78 is 0. The zero-order valence-electron chi connectivity index (χ0n) is 12.0. The second-order valence-corrected chi connectivity index (χ2v) is 4.98. The minimum atomic E-state index is -0.254. The van der Waals surface area contributed by atoms with E-state index in [1.54, 1.807) is 30.1 Å². The zero-order valence-corrected chi connectivity index (χ0v) is 12.0. The highest BCUT2D eigenvalue weighted by Gasteiger charge is 2.20. The van der Waals surface area contributed by atoms with Crippen molar-refractivity contribution in [2.45, 2.75) is 0 Å². The lowest BCUT2D eigenvalue weighted by Crippen LogP contribution is -2.49. The van der Waals surface area contributed by atoms with E-state index in [0.717, 1.165) is 13.1 Å². The van der Waals surface area contributed by atoms with Crippen LogP contribution in [0, 0.1) is 11.3 Å². The second-order valence-electron chi connectivity index (χ2n) is 4.98. The van der Waals surface area contributed by atoms with Crippen LogP contribution in [0.4, 0.5) is 0 Å². The highest BCUT2D eigenvalue weighted by Crippen LogP contribution is 2.07. The Morgan fingerprint density at radius 1 is 1.38 bits per heavy atom. The lowest BCUT2D eigenvalue weighted by Gasteiger charge is -2.29. The van der Waals surface area contributed by atoms with Crippen molar-refractivity contribution in [2.24, 2.45) is 0 Å². The van der Waals surface area contributed by atoms with Gasteiger partial charge in [-0.15, -0.1) is 0 Å². The van der Waals surface area contributed by atoms with Gasteiger partial charge in [0, 0.05) is 38.8 Å². The Morgan fingerprint density at radius 2 is 2.10 bits per heavy atom. The maximum absolute atomic E-state index is 12.3. The lowest BCUT2D eigenvalue weighted by atomic mass is 10.1. The number of piperazine rings is 1. The molecule has 2 amide bonds. The van der Waals surface area contributed by atoms with Crippen molar-refractivity contribution >= 4 is 11.8 Å². The molecule has 6 heteroatoms. The molecule has 1 aromatic rings. The SMILES string of the molecule is CN(CC(=O)N1CCNCC1)C(=O)c1cccc(C#N)c1. The molecule has 1 heterocycles. The largest absolute Gasteiger partial charge is 0.339 e. The monoisotopic (exact) mass is 286 g/mol. The molecule has 6 nitrogen and oxygen atoms in total. The summed E-state index contributed by atoms with van der Waals surface area (Å²) in [6.45, 7) is 2.96. The van der Waals surface area contributed by atoms with E-state index in [4.69, 9.17) is 5.26 Å². The van der Waals surface area contributed by atoms with Crippen LogP contribution in [0.1, 0.15) is 15.9 Å². The Morgan fingerprint density at radius 3 is 2.76 bits per heavy atom. The molecule has 1 aliphatic heterocycles. The fourth-order valence-corrected chi connectivity index (χ4v) is 2.23. The number of carbonyl (C=O) groups excluding carboxylic acids is 2. The molecule has 1 N–H and O–H groups in total. The summed E-state index contributed by atoms with van der Waals surface area (Å²) >= 11 is 0. The molecule has 1 aromatic carbocycles. The summed E-state index contributed by atoms with van der Waals surface area (Å²) in [5.41, 5.74) is 0.854. The molecule has 1 saturated heterocycles. The van der Waals surface area contributed by atoms with Gasteiger partial charge in [-0.1, -0.05) is 6.07 Å². The third-order valence-electron chi connectivity index (χ3n) is 3.43. The molecule has 2 rings (SSSR count). The van der Waals surface area contributed by atoms with Gasteiger partial charge in [-0.2, -0.15) is 5.26 Å². The first-order valence-electron chi connectivity index (χ1n) is 6.86. The van der Waals surface area contributed by atoms with E-state index in [1.165, 1.54) is 11.0 Å². The highest BCUT2D eigenvalue weighted by atomic mass is 16.2. The second kappa shape index (κ2) is 6.86. The number of nitrogens with zero attached hydrogens (tertiary/aromatic N) is 3. The molecular formula is C15H18N4O2. The molecule has 0 atom stereocenters. The van der Waals surface area contributed by atoms with Gasteiger partial charge in [-0.3, -0.25) is 9.59 Å². The molecule has 0 saturated carbocycles. The Kier molecular flexibility index (Phi) is 4.90. The van der Waals surface area contributed by atoms with E-state index in [9.17, 15) is 9.59 Å². The number of likely N-dealkylation sites (N-methyl/N-ethyl adjacent to an activating group) is 1. The minimum absolute atomic E-state index is 0.0512. The fraction of sp³-hybridized carbons (Fsp3) is 0.400. The summed E-state index contributed by atoms with van der Waals surface area (Å²) in [5.74, 6) is -0.306. The molecule has 0 aromatic heterocycles. The minimum Gasteiger partial charge on any atom is -0.339 e. The average Bonchev–Trinajstić information content (AvgIpc) is 2.54. The summed E-state index contributed by atoms with van der Waals surface area (Å²) in [4.78, 5) is 27.5. The van der Waals surface area contributed by atoms with Crippen molar-refractivity contribution in [3.05, 3.63) is 35.4 Å². The number of carbonyl (C=O) groups is 2. The van der Waals surface area contributed by atoms with Gasteiger partial charge in [-0.25, -0.2) is 0 Å². The first-order valence-corrected chi connectivity index (χ1v) is 6.86. The first-order chi connectivity index (χ1) is 10.1. The van der Waals surface area contributed by atoms with E-state index in [0.29, 0.717) is 24.2 Å². The smallest absolute Gasteiger partial charge is 0.254 e. The van der Waals surface area contributed by atoms with E-state index >= 15 is 0 Å². The van der Waals surface area contributed by atoms with Crippen LogP contribution < -0.4 is 5.32 Å². The van der Waals surface area contributed by atoms with Crippen molar-refractivity contribution in [3.63, 3.8) is 0 Å². The highest BCUT2D eigenvalue weighted by molar-refractivity contribution is 5.96. The summed E-state index contributed by atoms with van der Waals surface area (Å²) in [7, 11) is 1.60. The lowest BCUT2D eigenvalue weighted by molar-refractivity contribution is -0.132. The van der Waals surface area contributed by atoms with Gasteiger partial charge in [0.15, 0.2) is 0 Å². The molecular weight excluding hydrogens is 268 g/mol. The number of hydrogen-bond donors (Lipinski definition) is 1. The first kappa shape index (κ1) is 15.0. The molecule has 1 aliphatic rings. The Balaban J connectivity index is 1.98. The van der Waals surface area contributed by atoms with Gasteiger partial charge in [0.2, 0.25) is 5.91 Å². The summed E-state index contributed by atoms with van der Waals surface area (Å²) in [6.07, 6.45) is 0. The predicted molar refractivity (Wildman–Crippen MR) is 77.6 cm³/mol. The van der Waals surface area contributed by atoms with E-state index in [2.05, 4.69) is 5.32 Å². The van der Waals surface area contributed by atoms with Gasteiger partial charge in [0.05, 0.1) is 18.2 Å². The van der Waals surface area contributed by atoms with Crippen LogP contribution >= 0.6 is 0 Å². The van der Waals surface area contributed by atoms with Gasteiger partial charge in [0.25, 0.3) is 5.91 Å². The summed E-state index contributed by atoms with van der Waals surface area (Å²) in [5, 5.41) is 12.0. The maximum Gasteiger partial charge on any atom is 0.254 e. The van der Waals surface area contributed by atoms with Crippen LogP contribution in [0.25, 0.3) is 0 Å². The third-order valence-corrected chi connectivity index (χ3v) is 3.43. The van der Waals surface area contributed by atoms with Crippen molar-refractivity contribution in [3.8, 4) is 6.07 Å². The van der Waals surface area contributed by atoms with Crippen LogP contribution in [0.3, 0.4) is 0 Å². The Labute approximate surface area is 123 Å². The van der Waals surface area contributed by atoms with Gasteiger partial charge >= 0.3 is 0 Å². The number of amides is 2. The number of hydrogen-bond acceptors (Lipinski definition) is 4. The molecule has 0 aliphatic carbocycles. The third kappa shape index (κ3) is 3.80. The topological polar surface area (TPSA) is 76.4 Å². The molecule has 0 bridgehead atoms. The average molecular weight is 286 g/mol. The van der Waals surface area contributed by atoms with Crippen LogP contribution in [-0.2, 0) is 4.79 Å². The molecule has 110 valence electrons. The quantitative estimate of drug-likeness (QED) is 0.852. The number of rotatable bonds is 3. The van der Waals surface area contributed by atoms with Crippen LogP contribution in [0.2, 0.25) is 0 Å².